The number of anilines is 1. The maximum absolute atomic E-state index is 3.90. The Morgan fingerprint density at radius 1 is 1.38 bits per heavy atom. The molecule has 6 nitrogen and oxygen atoms in total. The zero-order valence-corrected chi connectivity index (χ0v) is 10.1. The normalized spacial score (nSPS) is 18.9. The topological polar surface area (TPSA) is 58.9 Å². The Kier molecular flexibility index (Phi) is 3.71. The zero-order valence-electron chi connectivity index (χ0n) is 10.1. The van der Waals surface area contributed by atoms with Gasteiger partial charge in [0.15, 0.2) is 0 Å². The number of nitrogens with zero attached hydrogens (tertiary/aromatic N) is 5. The van der Waals surface area contributed by atoms with E-state index in [2.05, 4.69) is 32.7 Å². The lowest BCUT2D eigenvalue weighted by Crippen LogP contribution is -2.29. The van der Waals surface area contributed by atoms with Gasteiger partial charge in [0.1, 0.15) is 0 Å². The lowest BCUT2D eigenvalue weighted by molar-refractivity contribution is 0.294. The molecule has 1 saturated heterocycles. The number of aryl methyl sites for hydroxylation is 1. The first-order valence-electron chi connectivity index (χ1n) is 5.94. The number of hydrogen-bond acceptors (Lipinski definition) is 5. The maximum Gasteiger partial charge on any atom is 0.242 e. The van der Waals surface area contributed by atoms with E-state index in [1.165, 1.54) is 25.9 Å². The van der Waals surface area contributed by atoms with Gasteiger partial charge in [-0.25, -0.2) is 4.68 Å². The van der Waals surface area contributed by atoms with E-state index in [1.807, 2.05) is 7.05 Å². The van der Waals surface area contributed by atoms with Crippen LogP contribution in [0.2, 0.25) is 0 Å². The smallest absolute Gasteiger partial charge is 0.242 e. The number of aromatic nitrogens is 4. The molecule has 1 aromatic heterocycles. The highest BCUT2D eigenvalue weighted by Gasteiger charge is 2.14. The van der Waals surface area contributed by atoms with Crippen molar-refractivity contribution in [3.8, 4) is 0 Å². The van der Waals surface area contributed by atoms with Crippen LogP contribution in [0.25, 0.3) is 0 Å². The second kappa shape index (κ2) is 5.25. The minimum atomic E-state index is 0.620. The molecule has 1 unspecified atom stereocenters. The third-order valence-corrected chi connectivity index (χ3v) is 3.00. The van der Waals surface area contributed by atoms with Gasteiger partial charge < -0.3 is 10.2 Å². The average molecular weight is 224 g/mol. The molecule has 1 aliphatic rings. The van der Waals surface area contributed by atoms with E-state index in [-0.39, 0.29) is 0 Å². The van der Waals surface area contributed by atoms with E-state index >= 15 is 0 Å². The number of nitrogens with one attached hydrogen (secondary N) is 1. The predicted octanol–water partition coefficient (Wildman–Crippen LogP) is 0.354. The van der Waals surface area contributed by atoms with Crippen LogP contribution >= 0.6 is 0 Å². The quantitative estimate of drug-likeness (QED) is 0.782. The molecule has 2 heterocycles. The number of tetrazole rings is 1. The van der Waals surface area contributed by atoms with Crippen LogP contribution in [0.1, 0.15) is 19.8 Å². The Hall–Kier alpha value is -1.17. The summed E-state index contributed by atoms with van der Waals surface area (Å²) in [5.41, 5.74) is 0. The van der Waals surface area contributed by atoms with Crippen molar-refractivity contribution in [1.82, 2.24) is 25.1 Å². The van der Waals surface area contributed by atoms with Gasteiger partial charge in [-0.05, 0) is 42.3 Å². The molecule has 1 fully saturated rings. The first-order chi connectivity index (χ1) is 7.75. The van der Waals surface area contributed by atoms with Crippen LogP contribution in [-0.4, -0.2) is 51.3 Å². The van der Waals surface area contributed by atoms with Crippen molar-refractivity contribution in [2.45, 2.75) is 19.8 Å². The third kappa shape index (κ3) is 2.91. The Morgan fingerprint density at radius 2 is 2.12 bits per heavy atom. The molecule has 1 N–H and O–H groups in total. The molecule has 0 aromatic carbocycles. The van der Waals surface area contributed by atoms with Crippen LogP contribution in [0.3, 0.4) is 0 Å². The molecule has 1 aliphatic heterocycles. The molecule has 0 spiro atoms. The summed E-state index contributed by atoms with van der Waals surface area (Å²) in [7, 11) is 1.84. The monoisotopic (exact) mass is 224 g/mol. The van der Waals surface area contributed by atoms with Gasteiger partial charge in [-0.3, -0.25) is 0 Å². The lowest BCUT2D eigenvalue weighted by Gasteiger charge is -2.20. The van der Waals surface area contributed by atoms with Gasteiger partial charge in [0.05, 0.1) is 0 Å². The van der Waals surface area contributed by atoms with Crippen molar-refractivity contribution >= 4 is 5.95 Å². The number of rotatable bonds is 5. The van der Waals surface area contributed by atoms with Crippen LogP contribution in [0.15, 0.2) is 0 Å². The van der Waals surface area contributed by atoms with Crippen LogP contribution < -0.4 is 5.32 Å². The summed E-state index contributed by atoms with van der Waals surface area (Å²) in [6.45, 7) is 6.86. The van der Waals surface area contributed by atoms with Crippen molar-refractivity contribution in [1.29, 1.82) is 0 Å². The molecule has 90 valence electrons. The number of likely N-dealkylation sites (tertiary alicyclic amines) is 1. The fourth-order valence-electron chi connectivity index (χ4n) is 2.12. The highest BCUT2D eigenvalue weighted by atomic mass is 15.6. The zero-order chi connectivity index (χ0) is 11.4. The SMILES string of the molecule is CC(CNc1nnnn1C)CN1CCCC1. The molecule has 1 aromatic rings. The summed E-state index contributed by atoms with van der Waals surface area (Å²) in [5.74, 6) is 1.36. The first kappa shape index (κ1) is 11.3. The second-order valence-corrected chi connectivity index (χ2v) is 4.62. The molecule has 0 radical (unpaired) electrons. The minimum Gasteiger partial charge on any atom is -0.353 e. The van der Waals surface area contributed by atoms with E-state index in [1.54, 1.807) is 4.68 Å². The van der Waals surface area contributed by atoms with Gasteiger partial charge in [-0.1, -0.05) is 12.0 Å². The summed E-state index contributed by atoms with van der Waals surface area (Å²) in [4.78, 5) is 2.53. The molecular weight excluding hydrogens is 204 g/mol. The van der Waals surface area contributed by atoms with Crippen molar-refractivity contribution in [2.75, 3.05) is 31.5 Å². The van der Waals surface area contributed by atoms with E-state index in [0.717, 1.165) is 19.0 Å². The number of hydrogen-bond donors (Lipinski definition) is 1. The molecule has 2 rings (SSSR count). The highest BCUT2D eigenvalue weighted by Crippen LogP contribution is 2.10. The van der Waals surface area contributed by atoms with Gasteiger partial charge in [-0.2, -0.15) is 0 Å². The van der Waals surface area contributed by atoms with Gasteiger partial charge in [0.2, 0.25) is 5.95 Å². The first-order valence-corrected chi connectivity index (χ1v) is 5.94. The third-order valence-electron chi connectivity index (χ3n) is 3.00. The standard InChI is InChI=1S/C10H20N6/c1-9(8-16-5-3-4-6-16)7-11-10-12-13-14-15(10)2/h9H,3-8H2,1-2H3,(H,11,12,14). The molecule has 0 amide bonds. The largest absolute Gasteiger partial charge is 0.353 e. The molecule has 1 atom stereocenters. The fraction of sp³-hybridized carbons (Fsp3) is 0.900. The molecule has 0 aliphatic carbocycles. The average Bonchev–Trinajstić information content (AvgIpc) is 2.87. The van der Waals surface area contributed by atoms with Crippen molar-refractivity contribution in [3.63, 3.8) is 0 Å². The molecule has 0 bridgehead atoms. The Bertz CT molecular complexity index is 317. The fourth-order valence-corrected chi connectivity index (χ4v) is 2.12. The summed E-state index contributed by atoms with van der Waals surface area (Å²) >= 11 is 0. The van der Waals surface area contributed by atoms with Crippen molar-refractivity contribution in [2.24, 2.45) is 13.0 Å². The Morgan fingerprint density at radius 3 is 2.75 bits per heavy atom. The molecule has 6 heteroatoms. The van der Waals surface area contributed by atoms with Gasteiger partial charge in [-0.15, -0.1) is 0 Å². The van der Waals surface area contributed by atoms with Gasteiger partial charge in [0, 0.05) is 20.1 Å². The lowest BCUT2D eigenvalue weighted by atomic mass is 10.1. The van der Waals surface area contributed by atoms with E-state index in [4.69, 9.17) is 0 Å². The summed E-state index contributed by atoms with van der Waals surface area (Å²) in [6, 6.07) is 0. The van der Waals surface area contributed by atoms with Crippen LogP contribution in [0, 0.1) is 5.92 Å². The maximum atomic E-state index is 3.90. The molecular formula is C10H20N6. The summed E-state index contributed by atoms with van der Waals surface area (Å²) in [6.07, 6.45) is 2.71. The Labute approximate surface area is 96.0 Å². The van der Waals surface area contributed by atoms with E-state index in [9.17, 15) is 0 Å². The van der Waals surface area contributed by atoms with Crippen LogP contribution in [-0.2, 0) is 7.05 Å². The highest BCUT2D eigenvalue weighted by molar-refractivity contribution is 5.20. The van der Waals surface area contributed by atoms with E-state index < -0.39 is 0 Å². The van der Waals surface area contributed by atoms with E-state index in [0.29, 0.717) is 5.92 Å². The second-order valence-electron chi connectivity index (χ2n) is 4.62. The van der Waals surface area contributed by atoms with Crippen LogP contribution in [0.4, 0.5) is 5.95 Å². The minimum absolute atomic E-state index is 0.620. The molecule has 0 saturated carbocycles. The van der Waals surface area contributed by atoms with Gasteiger partial charge >= 0.3 is 0 Å². The summed E-state index contributed by atoms with van der Waals surface area (Å²) < 4.78 is 1.66. The van der Waals surface area contributed by atoms with Crippen LogP contribution in [0.5, 0.6) is 0 Å². The predicted molar refractivity (Wildman–Crippen MR) is 62.1 cm³/mol. The van der Waals surface area contributed by atoms with Crippen molar-refractivity contribution < 1.29 is 0 Å². The van der Waals surface area contributed by atoms with Crippen molar-refractivity contribution in [3.05, 3.63) is 0 Å². The summed E-state index contributed by atoms with van der Waals surface area (Å²) in [5, 5.41) is 14.5. The molecule has 16 heavy (non-hydrogen) atoms. The van der Waals surface area contributed by atoms with Gasteiger partial charge in [0.25, 0.3) is 0 Å². The Balaban J connectivity index is 1.71.